The Hall–Kier alpha value is -1.82. The Morgan fingerprint density at radius 3 is 2.62 bits per heavy atom. The molecule has 110 valence electrons. The van der Waals surface area contributed by atoms with Gasteiger partial charge in [-0.2, -0.15) is 0 Å². The van der Waals surface area contributed by atoms with Crippen LogP contribution < -0.4 is 11.2 Å². The van der Waals surface area contributed by atoms with Crippen LogP contribution in [-0.4, -0.2) is 14.7 Å². The maximum atomic E-state index is 12.1. The van der Waals surface area contributed by atoms with Gasteiger partial charge in [0, 0.05) is 10.0 Å². The minimum absolute atomic E-state index is 0.129. The minimum Gasteiger partial charge on any atom is -0.494 e. The Balaban J connectivity index is 2.29. The van der Waals surface area contributed by atoms with Gasteiger partial charge in [-0.15, -0.1) is 0 Å². The second-order valence-electron chi connectivity index (χ2n) is 5.65. The van der Waals surface area contributed by atoms with Crippen molar-refractivity contribution in [3.8, 4) is 17.0 Å². The van der Waals surface area contributed by atoms with E-state index in [4.69, 9.17) is 0 Å². The Bertz CT molecular complexity index is 818. The van der Waals surface area contributed by atoms with Crippen molar-refractivity contribution < 1.29 is 5.11 Å². The standard InChI is InChI=1S/C15H15BrN2O3/c1-15(6-3-7-15)18-13(20)11(12(19)17-14(18)21)9-4-2-5-10(16)8-9/h2,4-5,8,20H,3,6-7H2,1H3,(H,17,19,21). The van der Waals surface area contributed by atoms with E-state index in [1.807, 2.05) is 13.0 Å². The van der Waals surface area contributed by atoms with Crippen molar-refractivity contribution >= 4 is 15.9 Å². The van der Waals surface area contributed by atoms with E-state index < -0.39 is 16.8 Å². The fourth-order valence-corrected chi connectivity index (χ4v) is 3.24. The normalized spacial score (nSPS) is 16.5. The van der Waals surface area contributed by atoms with Crippen LogP contribution in [0.25, 0.3) is 11.1 Å². The summed E-state index contributed by atoms with van der Waals surface area (Å²) in [5.74, 6) is -0.260. The summed E-state index contributed by atoms with van der Waals surface area (Å²) >= 11 is 3.34. The zero-order chi connectivity index (χ0) is 15.2. The summed E-state index contributed by atoms with van der Waals surface area (Å²) in [5, 5.41) is 10.5. The molecule has 6 heteroatoms. The van der Waals surface area contributed by atoms with E-state index in [2.05, 4.69) is 20.9 Å². The van der Waals surface area contributed by atoms with Crippen LogP contribution in [0.2, 0.25) is 0 Å². The summed E-state index contributed by atoms with van der Waals surface area (Å²) in [5.41, 5.74) is -0.858. The molecular formula is C15H15BrN2O3. The van der Waals surface area contributed by atoms with Crippen molar-refractivity contribution in [3.05, 3.63) is 49.6 Å². The lowest BCUT2D eigenvalue weighted by Crippen LogP contribution is -2.46. The molecule has 1 aromatic heterocycles. The quantitative estimate of drug-likeness (QED) is 0.873. The third-order valence-corrected chi connectivity index (χ3v) is 4.66. The van der Waals surface area contributed by atoms with E-state index in [9.17, 15) is 14.7 Å². The van der Waals surface area contributed by atoms with Gasteiger partial charge in [-0.1, -0.05) is 28.1 Å². The molecule has 0 unspecified atom stereocenters. The molecule has 0 bridgehead atoms. The summed E-state index contributed by atoms with van der Waals surface area (Å²) in [6.45, 7) is 1.92. The Morgan fingerprint density at radius 1 is 1.33 bits per heavy atom. The molecule has 0 atom stereocenters. The largest absolute Gasteiger partial charge is 0.494 e. The molecule has 1 aliphatic rings. The van der Waals surface area contributed by atoms with E-state index >= 15 is 0 Å². The zero-order valence-corrected chi connectivity index (χ0v) is 13.1. The zero-order valence-electron chi connectivity index (χ0n) is 11.5. The first kappa shape index (κ1) is 14.1. The van der Waals surface area contributed by atoms with Crippen LogP contribution in [0, 0.1) is 0 Å². The van der Waals surface area contributed by atoms with Gasteiger partial charge in [0.1, 0.15) is 5.56 Å². The monoisotopic (exact) mass is 350 g/mol. The molecular weight excluding hydrogens is 336 g/mol. The highest BCUT2D eigenvalue weighted by Gasteiger charge is 2.37. The second-order valence-corrected chi connectivity index (χ2v) is 6.57. The number of H-pyrrole nitrogens is 1. The Kier molecular flexibility index (Phi) is 3.28. The molecule has 1 saturated carbocycles. The van der Waals surface area contributed by atoms with E-state index in [1.165, 1.54) is 4.57 Å². The highest BCUT2D eigenvalue weighted by molar-refractivity contribution is 9.10. The van der Waals surface area contributed by atoms with E-state index in [1.54, 1.807) is 18.2 Å². The predicted molar refractivity (Wildman–Crippen MR) is 83.6 cm³/mol. The lowest BCUT2D eigenvalue weighted by Gasteiger charge is -2.40. The van der Waals surface area contributed by atoms with Gasteiger partial charge in [0.25, 0.3) is 5.56 Å². The van der Waals surface area contributed by atoms with Crippen molar-refractivity contribution in [2.75, 3.05) is 0 Å². The van der Waals surface area contributed by atoms with Gasteiger partial charge in [0.15, 0.2) is 0 Å². The van der Waals surface area contributed by atoms with E-state index in [0.29, 0.717) is 5.56 Å². The van der Waals surface area contributed by atoms with Crippen molar-refractivity contribution in [2.24, 2.45) is 0 Å². The van der Waals surface area contributed by atoms with E-state index in [0.717, 1.165) is 23.7 Å². The van der Waals surface area contributed by atoms with Crippen molar-refractivity contribution in [2.45, 2.75) is 31.7 Å². The molecule has 0 spiro atoms. The average molecular weight is 351 g/mol. The van der Waals surface area contributed by atoms with Crippen LogP contribution in [-0.2, 0) is 5.54 Å². The molecule has 1 heterocycles. The molecule has 1 aliphatic carbocycles. The molecule has 1 aromatic carbocycles. The molecule has 0 aliphatic heterocycles. The number of halogens is 1. The lowest BCUT2D eigenvalue weighted by molar-refractivity contribution is 0.144. The highest BCUT2D eigenvalue weighted by atomic mass is 79.9. The highest BCUT2D eigenvalue weighted by Crippen LogP contribution is 2.41. The fraction of sp³-hybridized carbons (Fsp3) is 0.333. The summed E-state index contributed by atoms with van der Waals surface area (Å²) in [7, 11) is 0. The van der Waals surface area contributed by atoms with Gasteiger partial charge in [0.2, 0.25) is 5.88 Å². The number of hydrogen-bond donors (Lipinski definition) is 2. The average Bonchev–Trinajstić information content (AvgIpc) is 2.36. The van der Waals surface area contributed by atoms with Gasteiger partial charge < -0.3 is 5.11 Å². The van der Waals surface area contributed by atoms with Crippen LogP contribution >= 0.6 is 15.9 Å². The molecule has 2 N–H and O–H groups in total. The maximum Gasteiger partial charge on any atom is 0.331 e. The summed E-state index contributed by atoms with van der Waals surface area (Å²) in [4.78, 5) is 26.5. The van der Waals surface area contributed by atoms with Crippen LogP contribution in [0.3, 0.4) is 0 Å². The first-order valence-corrected chi connectivity index (χ1v) is 7.56. The summed E-state index contributed by atoms with van der Waals surface area (Å²) in [6.07, 6.45) is 2.63. The predicted octanol–water partition coefficient (Wildman–Crippen LogP) is 2.57. The number of nitrogens with zero attached hydrogens (tertiary/aromatic N) is 1. The van der Waals surface area contributed by atoms with Crippen LogP contribution in [0.5, 0.6) is 5.88 Å². The first-order valence-electron chi connectivity index (χ1n) is 6.77. The minimum atomic E-state index is -0.574. The smallest absolute Gasteiger partial charge is 0.331 e. The molecule has 0 radical (unpaired) electrons. The topological polar surface area (TPSA) is 75.1 Å². The van der Waals surface area contributed by atoms with Gasteiger partial charge in [-0.05, 0) is 43.9 Å². The number of nitrogens with one attached hydrogen (secondary N) is 1. The number of aromatic amines is 1. The van der Waals surface area contributed by atoms with Gasteiger partial charge in [-0.3, -0.25) is 14.3 Å². The second kappa shape index (κ2) is 4.87. The molecule has 2 aromatic rings. The molecule has 3 rings (SSSR count). The van der Waals surface area contributed by atoms with E-state index in [-0.39, 0.29) is 11.4 Å². The fourth-order valence-electron chi connectivity index (χ4n) is 2.84. The lowest BCUT2D eigenvalue weighted by atomic mass is 9.78. The molecule has 21 heavy (non-hydrogen) atoms. The Morgan fingerprint density at radius 2 is 2.05 bits per heavy atom. The summed E-state index contributed by atoms with van der Waals surface area (Å²) in [6, 6.07) is 7.08. The van der Waals surface area contributed by atoms with Crippen LogP contribution in [0.4, 0.5) is 0 Å². The van der Waals surface area contributed by atoms with Gasteiger partial charge in [-0.25, -0.2) is 4.79 Å². The van der Waals surface area contributed by atoms with Gasteiger partial charge in [0.05, 0.1) is 0 Å². The third-order valence-electron chi connectivity index (χ3n) is 4.17. The van der Waals surface area contributed by atoms with Crippen molar-refractivity contribution in [3.63, 3.8) is 0 Å². The van der Waals surface area contributed by atoms with Crippen LogP contribution in [0.1, 0.15) is 26.2 Å². The molecule has 0 saturated heterocycles. The number of benzene rings is 1. The maximum absolute atomic E-state index is 12.1. The van der Waals surface area contributed by atoms with Crippen molar-refractivity contribution in [1.29, 1.82) is 0 Å². The number of hydrogen-bond acceptors (Lipinski definition) is 3. The number of aromatic hydroxyl groups is 1. The van der Waals surface area contributed by atoms with Crippen molar-refractivity contribution in [1.82, 2.24) is 9.55 Å². The van der Waals surface area contributed by atoms with Gasteiger partial charge >= 0.3 is 5.69 Å². The Labute approximate surface area is 129 Å². The van der Waals surface area contributed by atoms with Crippen LogP contribution in [0.15, 0.2) is 38.3 Å². The molecule has 5 nitrogen and oxygen atoms in total. The third kappa shape index (κ3) is 2.23. The molecule has 0 amide bonds. The SMILES string of the molecule is CC1(n2c(O)c(-c3cccc(Br)c3)c(=O)[nH]c2=O)CCC1. The molecule has 1 fully saturated rings. The summed E-state index contributed by atoms with van der Waals surface area (Å²) < 4.78 is 2.11. The number of aromatic nitrogens is 2. The number of rotatable bonds is 2. The first-order chi connectivity index (χ1) is 9.92.